The van der Waals surface area contributed by atoms with E-state index >= 15 is 0 Å². The molecule has 0 aliphatic heterocycles. The number of benzene rings is 2. The second kappa shape index (κ2) is 10.6. The van der Waals surface area contributed by atoms with Crippen LogP contribution in [0.3, 0.4) is 0 Å². The van der Waals surface area contributed by atoms with Crippen molar-refractivity contribution in [1.82, 2.24) is 15.6 Å². The number of carbonyl (C=O) groups excluding carboxylic acids is 1. The lowest BCUT2D eigenvalue weighted by Crippen LogP contribution is -2.54. The van der Waals surface area contributed by atoms with E-state index < -0.39 is 29.1 Å². The van der Waals surface area contributed by atoms with E-state index in [1.165, 1.54) is 18.3 Å². The minimum atomic E-state index is -4.81. The average Bonchev–Trinajstić information content (AvgIpc) is 3.31. The standard InChI is InChI=1S/C26H23Cl2F4N3O/c27-19-5-3-4-16(10-19)14-25(23-9-8-20(28)15-33-23,35-24(36)34-22-6-1-2-7-22)17-11-18(26(30,31)32)13-21(29)12-17/h3-5,8-13,15,22H,1-2,6-7,14H2,(H2,34,35,36). The van der Waals surface area contributed by atoms with Crippen LogP contribution in [0.5, 0.6) is 0 Å². The quantitative estimate of drug-likeness (QED) is 0.323. The molecule has 10 heteroatoms. The van der Waals surface area contributed by atoms with Crippen molar-refractivity contribution in [2.45, 2.75) is 49.9 Å². The molecule has 2 amide bonds. The van der Waals surface area contributed by atoms with Gasteiger partial charge < -0.3 is 10.6 Å². The molecule has 3 aromatic rings. The number of rotatable bonds is 6. The third-order valence-corrected chi connectivity index (χ3v) is 6.72. The van der Waals surface area contributed by atoms with Gasteiger partial charge in [0.1, 0.15) is 11.4 Å². The van der Waals surface area contributed by atoms with Gasteiger partial charge in [0.2, 0.25) is 0 Å². The van der Waals surface area contributed by atoms with Crippen LogP contribution in [0.25, 0.3) is 0 Å². The van der Waals surface area contributed by atoms with Gasteiger partial charge in [0.25, 0.3) is 0 Å². The van der Waals surface area contributed by atoms with Crippen molar-refractivity contribution in [2.75, 3.05) is 0 Å². The summed E-state index contributed by atoms with van der Waals surface area (Å²) in [5, 5.41) is 6.44. The average molecular weight is 540 g/mol. The van der Waals surface area contributed by atoms with Gasteiger partial charge in [-0.05, 0) is 66.4 Å². The van der Waals surface area contributed by atoms with E-state index in [1.807, 2.05) is 0 Å². The molecule has 1 fully saturated rings. The summed E-state index contributed by atoms with van der Waals surface area (Å²) in [6, 6.07) is 11.3. The lowest BCUT2D eigenvalue weighted by molar-refractivity contribution is -0.137. The number of amides is 2. The molecule has 1 unspecified atom stereocenters. The monoisotopic (exact) mass is 539 g/mol. The smallest absolute Gasteiger partial charge is 0.335 e. The number of urea groups is 1. The number of hydrogen-bond acceptors (Lipinski definition) is 2. The van der Waals surface area contributed by atoms with Gasteiger partial charge in [-0.2, -0.15) is 13.2 Å². The maximum atomic E-state index is 14.6. The zero-order valence-corrected chi connectivity index (χ0v) is 20.5. The molecular formula is C26H23Cl2F4N3O. The van der Waals surface area contributed by atoms with Crippen molar-refractivity contribution in [3.63, 3.8) is 0 Å². The highest BCUT2D eigenvalue weighted by Gasteiger charge is 2.41. The van der Waals surface area contributed by atoms with Gasteiger partial charge >= 0.3 is 12.2 Å². The van der Waals surface area contributed by atoms with Crippen molar-refractivity contribution in [2.24, 2.45) is 0 Å². The Balaban J connectivity index is 1.90. The topological polar surface area (TPSA) is 54.0 Å². The van der Waals surface area contributed by atoms with Gasteiger partial charge in [-0.1, -0.05) is 48.2 Å². The van der Waals surface area contributed by atoms with Crippen molar-refractivity contribution < 1.29 is 22.4 Å². The van der Waals surface area contributed by atoms with Crippen molar-refractivity contribution in [1.29, 1.82) is 0 Å². The number of halogens is 6. The molecule has 1 aliphatic rings. The number of nitrogens with one attached hydrogen (secondary N) is 2. The van der Waals surface area contributed by atoms with E-state index in [0.29, 0.717) is 21.7 Å². The molecule has 2 N–H and O–H groups in total. The lowest BCUT2D eigenvalue weighted by atomic mass is 9.79. The van der Waals surface area contributed by atoms with Crippen LogP contribution in [-0.2, 0) is 18.1 Å². The number of alkyl halides is 3. The summed E-state index contributed by atoms with van der Waals surface area (Å²) in [5.41, 5.74) is -2.20. The summed E-state index contributed by atoms with van der Waals surface area (Å²) >= 11 is 12.2. The molecule has 4 rings (SSSR count). The molecule has 0 radical (unpaired) electrons. The summed E-state index contributed by atoms with van der Waals surface area (Å²) in [6.07, 6.45) is -0.00606. The number of hydrogen-bond donors (Lipinski definition) is 2. The molecule has 0 bridgehead atoms. The molecule has 0 spiro atoms. The van der Waals surface area contributed by atoms with Gasteiger partial charge in [-0.3, -0.25) is 4.98 Å². The highest BCUT2D eigenvalue weighted by molar-refractivity contribution is 6.30. The van der Waals surface area contributed by atoms with Crippen LogP contribution in [0.2, 0.25) is 10.0 Å². The summed E-state index contributed by atoms with van der Waals surface area (Å²) in [6.45, 7) is 0. The Hall–Kier alpha value is -2.84. The largest absolute Gasteiger partial charge is 0.416 e. The Kier molecular flexibility index (Phi) is 7.76. The fourth-order valence-electron chi connectivity index (χ4n) is 4.59. The Morgan fingerprint density at radius 3 is 2.33 bits per heavy atom. The van der Waals surface area contributed by atoms with E-state index in [2.05, 4.69) is 15.6 Å². The van der Waals surface area contributed by atoms with Gasteiger partial charge in [-0.15, -0.1) is 0 Å². The molecule has 1 aliphatic carbocycles. The zero-order chi connectivity index (χ0) is 25.9. The molecule has 36 heavy (non-hydrogen) atoms. The first-order valence-corrected chi connectivity index (χ1v) is 12.1. The second-order valence-electron chi connectivity index (χ2n) is 8.88. The maximum absolute atomic E-state index is 14.6. The Morgan fingerprint density at radius 1 is 0.972 bits per heavy atom. The molecule has 1 heterocycles. The van der Waals surface area contributed by atoms with Crippen LogP contribution < -0.4 is 10.6 Å². The van der Waals surface area contributed by atoms with Gasteiger partial charge in [0, 0.05) is 23.7 Å². The maximum Gasteiger partial charge on any atom is 0.416 e. The third-order valence-electron chi connectivity index (χ3n) is 6.26. The van der Waals surface area contributed by atoms with Gasteiger partial charge in [-0.25, -0.2) is 9.18 Å². The normalized spacial score (nSPS) is 15.9. The van der Waals surface area contributed by atoms with Crippen molar-refractivity contribution >= 4 is 29.2 Å². The van der Waals surface area contributed by atoms with Crippen LogP contribution in [0, 0.1) is 5.82 Å². The second-order valence-corrected chi connectivity index (χ2v) is 9.75. The van der Waals surface area contributed by atoms with Crippen LogP contribution in [0.15, 0.2) is 60.8 Å². The van der Waals surface area contributed by atoms with Crippen molar-refractivity contribution in [3.05, 3.63) is 99.0 Å². The zero-order valence-electron chi connectivity index (χ0n) is 19.0. The first-order valence-electron chi connectivity index (χ1n) is 11.4. The minimum Gasteiger partial charge on any atom is -0.335 e. The summed E-state index contributed by atoms with van der Waals surface area (Å²) < 4.78 is 55.7. The van der Waals surface area contributed by atoms with E-state index in [-0.39, 0.29) is 23.7 Å². The molecule has 1 aromatic heterocycles. The minimum absolute atomic E-state index is 0.0545. The first-order chi connectivity index (χ1) is 17.0. The predicted molar refractivity (Wildman–Crippen MR) is 131 cm³/mol. The van der Waals surface area contributed by atoms with E-state index in [4.69, 9.17) is 23.2 Å². The fraction of sp³-hybridized carbons (Fsp3) is 0.308. The number of nitrogens with zero attached hydrogens (tertiary/aromatic N) is 1. The Morgan fingerprint density at radius 2 is 1.69 bits per heavy atom. The van der Waals surface area contributed by atoms with Gasteiger partial charge in [0.15, 0.2) is 0 Å². The van der Waals surface area contributed by atoms with Crippen molar-refractivity contribution in [3.8, 4) is 0 Å². The third kappa shape index (κ3) is 6.10. The van der Waals surface area contributed by atoms with E-state index in [9.17, 15) is 22.4 Å². The van der Waals surface area contributed by atoms with Crippen LogP contribution >= 0.6 is 23.2 Å². The Bertz CT molecular complexity index is 1230. The number of carbonyl (C=O) groups is 1. The molecule has 0 saturated heterocycles. The molecule has 2 aromatic carbocycles. The first kappa shape index (κ1) is 26.2. The molecular weight excluding hydrogens is 517 g/mol. The Labute approximate surface area is 216 Å². The number of pyridine rings is 1. The molecule has 1 saturated carbocycles. The van der Waals surface area contributed by atoms with Crippen LogP contribution in [0.1, 0.15) is 48.1 Å². The molecule has 190 valence electrons. The van der Waals surface area contributed by atoms with Gasteiger partial charge in [0.05, 0.1) is 16.3 Å². The SMILES string of the molecule is O=C(NC1CCCC1)NC(Cc1cccc(Cl)c1)(c1cc(F)cc(C(F)(F)F)c1)c1ccc(Cl)cn1. The van der Waals surface area contributed by atoms with Crippen LogP contribution in [0.4, 0.5) is 22.4 Å². The molecule has 4 nitrogen and oxygen atoms in total. The fourth-order valence-corrected chi connectivity index (χ4v) is 4.91. The predicted octanol–water partition coefficient (Wildman–Crippen LogP) is 7.27. The number of aromatic nitrogens is 1. The summed E-state index contributed by atoms with van der Waals surface area (Å²) in [4.78, 5) is 17.6. The lowest BCUT2D eigenvalue weighted by Gasteiger charge is -2.36. The van der Waals surface area contributed by atoms with E-state index in [1.54, 1.807) is 24.3 Å². The molecule has 1 atom stereocenters. The highest BCUT2D eigenvalue weighted by atomic mass is 35.5. The summed E-state index contributed by atoms with van der Waals surface area (Å²) in [7, 11) is 0. The summed E-state index contributed by atoms with van der Waals surface area (Å²) in [5.74, 6) is -1.10. The van der Waals surface area contributed by atoms with Crippen LogP contribution in [-0.4, -0.2) is 17.1 Å². The van der Waals surface area contributed by atoms with E-state index in [0.717, 1.165) is 37.8 Å². The highest BCUT2D eigenvalue weighted by Crippen LogP contribution is 2.38.